The van der Waals surface area contributed by atoms with Gasteiger partial charge in [-0.2, -0.15) is 0 Å². The monoisotopic (exact) mass is 202 g/mol. The predicted octanol–water partition coefficient (Wildman–Crippen LogP) is 0.247. The maximum Gasteiger partial charge on any atom is 0.237 e. The second-order valence-electron chi connectivity index (χ2n) is 3.72. The number of carbonyl (C=O) groups excluding carboxylic acids is 1. The first-order valence-electron chi connectivity index (χ1n) is 5.24. The first-order valence-corrected chi connectivity index (χ1v) is 5.24. The zero-order valence-corrected chi connectivity index (χ0v) is 9.29. The van der Waals surface area contributed by atoms with Crippen molar-refractivity contribution in [3.8, 4) is 0 Å². The molecule has 4 nitrogen and oxygen atoms in total. The van der Waals surface area contributed by atoms with Gasteiger partial charge in [-0.25, -0.2) is 0 Å². The van der Waals surface area contributed by atoms with Crippen LogP contribution in [0.1, 0.15) is 33.6 Å². The van der Waals surface area contributed by atoms with Crippen molar-refractivity contribution < 1.29 is 9.90 Å². The molecule has 0 aliphatic rings. The van der Waals surface area contributed by atoms with Crippen molar-refractivity contribution in [3.63, 3.8) is 0 Å². The van der Waals surface area contributed by atoms with E-state index in [0.29, 0.717) is 13.0 Å². The summed E-state index contributed by atoms with van der Waals surface area (Å²) in [5.41, 5.74) is 5.71. The smallest absolute Gasteiger partial charge is 0.237 e. The highest BCUT2D eigenvalue weighted by Crippen LogP contribution is 2.04. The lowest BCUT2D eigenvalue weighted by Gasteiger charge is -2.18. The van der Waals surface area contributed by atoms with Crippen LogP contribution in [0.15, 0.2) is 0 Å². The third kappa shape index (κ3) is 4.58. The molecule has 0 saturated heterocycles. The Bertz CT molecular complexity index is 174. The van der Waals surface area contributed by atoms with Gasteiger partial charge < -0.3 is 16.2 Å². The fourth-order valence-corrected chi connectivity index (χ4v) is 0.993. The minimum Gasteiger partial charge on any atom is -0.391 e. The molecule has 0 aromatic heterocycles. The van der Waals surface area contributed by atoms with Gasteiger partial charge in [0.05, 0.1) is 12.1 Å². The van der Waals surface area contributed by atoms with E-state index in [0.717, 1.165) is 6.42 Å². The molecule has 0 aromatic rings. The summed E-state index contributed by atoms with van der Waals surface area (Å²) in [5, 5.41) is 11.9. The van der Waals surface area contributed by atoms with Crippen molar-refractivity contribution in [2.45, 2.75) is 45.8 Å². The maximum absolute atomic E-state index is 11.4. The van der Waals surface area contributed by atoms with Crippen LogP contribution < -0.4 is 11.1 Å². The van der Waals surface area contributed by atoms with Crippen molar-refractivity contribution in [3.05, 3.63) is 0 Å². The Balaban J connectivity index is 3.84. The Labute approximate surface area is 85.9 Å². The minimum atomic E-state index is -0.469. The van der Waals surface area contributed by atoms with Crippen molar-refractivity contribution in [1.82, 2.24) is 5.32 Å². The van der Waals surface area contributed by atoms with Gasteiger partial charge in [-0.1, -0.05) is 27.2 Å². The standard InChI is InChI=1S/C10H22N2O2/c1-4-7(3)9(11)10(14)12-6-8(13)5-2/h7-9,13H,4-6,11H2,1-3H3,(H,12,14)/t7?,8?,9-/m0/s1. The second kappa shape index (κ2) is 6.79. The summed E-state index contributed by atoms with van der Waals surface area (Å²) in [6.45, 7) is 6.10. The number of rotatable bonds is 6. The number of carbonyl (C=O) groups is 1. The number of aliphatic hydroxyl groups excluding tert-OH is 1. The molecular weight excluding hydrogens is 180 g/mol. The molecule has 4 heteroatoms. The van der Waals surface area contributed by atoms with E-state index in [1.807, 2.05) is 20.8 Å². The van der Waals surface area contributed by atoms with Gasteiger partial charge in [-0.15, -0.1) is 0 Å². The van der Waals surface area contributed by atoms with Crippen LogP contribution in [0.5, 0.6) is 0 Å². The molecule has 1 amide bonds. The second-order valence-corrected chi connectivity index (χ2v) is 3.72. The Kier molecular flexibility index (Phi) is 6.49. The molecule has 0 heterocycles. The molecule has 2 unspecified atom stereocenters. The van der Waals surface area contributed by atoms with Gasteiger partial charge in [-0.3, -0.25) is 4.79 Å². The van der Waals surface area contributed by atoms with Crippen LogP contribution in [-0.4, -0.2) is 29.7 Å². The first-order chi connectivity index (χ1) is 6.52. The minimum absolute atomic E-state index is 0.174. The zero-order valence-electron chi connectivity index (χ0n) is 9.29. The topological polar surface area (TPSA) is 75.3 Å². The molecule has 3 atom stereocenters. The number of nitrogens with one attached hydrogen (secondary N) is 1. The average Bonchev–Trinajstić information content (AvgIpc) is 2.22. The molecule has 14 heavy (non-hydrogen) atoms. The molecule has 0 spiro atoms. The summed E-state index contributed by atoms with van der Waals surface area (Å²) >= 11 is 0. The van der Waals surface area contributed by atoms with Gasteiger partial charge in [0, 0.05) is 6.54 Å². The van der Waals surface area contributed by atoms with E-state index in [2.05, 4.69) is 5.32 Å². The molecule has 0 aliphatic carbocycles. The van der Waals surface area contributed by atoms with Gasteiger partial charge >= 0.3 is 0 Å². The van der Waals surface area contributed by atoms with Crippen LogP contribution >= 0.6 is 0 Å². The summed E-state index contributed by atoms with van der Waals surface area (Å²) in [4.78, 5) is 11.4. The van der Waals surface area contributed by atoms with E-state index in [1.54, 1.807) is 0 Å². The molecule has 4 N–H and O–H groups in total. The Morgan fingerprint density at radius 3 is 2.43 bits per heavy atom. The van der Waals surface area contributed by atoms with Crippen LogP contribution in [0.4, 0.5) is 0 Å². The SMILES string of the molecule is CCC(O)CNC(=O)[C@@H](N)C(C)CC. The van der Waals surface area contributed by atoms with E-state index < -0.39 is 12.1 Å². The Morgan fingerprint density at radius 1 is 1.43 bits per heavy atom. The molecule has 0 radical (unpaired) electrons. The third-order valence-electron chi connectivity index (χ3n) is 2.54. The quantitative estimate of drug-likeness (QED) is 0.578. The van der Waals surface area contributed by atoms with Crippen LogP contribution in [0.3, 0.4) is 0 Å². The number of hydrogen-bond donors (Lipinski definition) is 3. The van der Waals surface area contributed by atoms with Crippen molar-refractivity contribution in [2.75, 3.05) is 6.54 Å². The molecule has 0 aromatic carbocycles. The van der Waals surface area contributed by atoms with Gasteiger partial charge in [0.25, 0.3) is 0 Å². The molecule has 0 aliphatic heterocycles. The molecule has 84 valence electrons. The van der Waals surface area contributed by atoms with E-state index in [1.165, 1.54) is 0 Å². The van der Waals surface area contributed by atoms with Crippen LogP contribution in [0, 0.1) is 5.92 Å². The average molecular weight is 202 g/mol. The first kappa shape index (κ1) is 13.4. The fraction of sp³-hybridized carbons (Fsp3) is 0.900. The van der Waals surface area contributed by atoms with Crippen molar-refractivity contribution in [1.29, 1.82) is 0 Å². The molecule has 0 saturated carbocycles. The van der Waals surface area contributed by atoms with Gasteiger partial charge in [-0.05, 0) is 12.3 Å². The summed E-state index contributed by atoms with van der Waals surface area (Å²) < 4.78 is 0. The molecule has 0 rings (SSSR count). The molecular formula is C10H22N2O2. The largest absolute Gasteiger partial charge is 0.391 e. The van der Waals surface area contributed by atoms with E-state index >= 15 is 0 Å². The van der Waals surface area contributed by atoms with E-state index in [4.69, 9.17) is 5.73 Å². The third-order valence-corrected chi connectivity index (χ3v) is 2.54. The number of aliphatic hydroxyl groups is 1. The molecule has 0 bridgehead atoms. The van der Waals surface area contributed by atoms with Crippen LogP contribution in [0.25, 0.3) is 0 Å². The number of hydrogen-bond acceptors (Lipinski definition) is 3. The van der Waals surface area contributed by atoms with Gasteiger partial charge in [0.2, 0.25) is 5.91 Å². The molecule has 0 fully saturated rings. The van der Waals surface area contributed by atoms with Crippen molar-refractivity contribution in [2.24, 2.45) is 11.7 Å². The number of amides is 1. The van der Waals surface area contributed by atoms with E-state index in [9.17, 15) is 9.90 Å². The van der Waals surface area contributed by atoms with Gasteiger partial charge in [0.15, 0.2) is 0 Å². The van der Waals surface area contributed by atoms with Gasteiger partial charge in [0.1, 0.15) is 0 Å². The lowest BCUT2D eigenvalue weighted by molar-refractivity contribution is -0.123. The Morgan fingerprint density at radius 2 is 2.00 bits per heavy atom. The number of nitrogens with two attached hydrogens (primary N) is 1. The highest BCUT2D eigenvalue weighted by atomic mass is 16.3. The lowest BCUT2D eigenvalue weighted by atomic mass is 9.99. The lowest BCUT2D eigenvalue weighted by Crippen LogP contribution is -2.46. The highest BCUT2D eigenvalue weighted by molar-refractivity contribution is 5.81. The van der Waals surface area contributed by atoms with Crippen molar-refractivity contribution >= 4 is 5.91 Å². The zero-order chi connectivity index (χ0) is 11.1. The fourth-order valence-electron chi connectivity index (χ4n) is 0.993. The van der Waals surface area contributed by atoms with E-state index in [-0.39, 0.29) is 11.8 Å². The predicted molar refractivity (Wildman–Crippen MR) is 56.7 cm³/mol. The summed E-state index contributed by atoms with van der Waals surface area (Å²) in [5.74, 6) is 0.000574. The van der Waals surface area contributed by atoms with Crippen LogP contribution in [0.2, 0.25) is 0 Å². The highest BCUT2D eigenvalue weighted by Gasteiger charge is 2.19. The normalized spacial score (nSPS) is 17.2. The summed E-state index contributed by atoms with van der Waals surface area (Å²) in [7, 11) is 0. The summed E-state index contributed by atoms with van der Waals surface area (Å²) in [6, 6.07) is -0.468. The Hall–Kier alpha value is -0.610. The summed E-state index contributed by atoms with van der Waals surface area (Å²) in [6.07, 6.45) is 1.05. The van der Waals surface area contributed by atoms with Crippen LogP contribution in [-0.2, 0) is 4.79 Å². The maximum atomic E-state index is 11.4.